The summed E-state index contributed by atoms with van der Waals surface area (Å²) in [5.74, 6) is 0.903. The van der Waals surface area contributed by atoms with E-state index in [0.29, 0.717) is 30.4 Å². The van der Waals surface area contributed by atoms with Crippen LogP contribution in [0.5, 0.6) is 0 Å². The van der Waals surface area contributed by atoms with E-state index in [1.165, 1.54) is 16.4 Å². The van der Waals surface area contributed by atoms with Gasteiger partial charge in [0.2, 0.25) is 10.0 Å². The highest BCUT2D eigenvalue weighted by Gasteiger charge is 2.38. The molecule has 13 heteroatoms. The second-order valence-electron chi connectivity index (χ2n) is 12.0. The van der Waals surface area contributed by atoms with Gasteiger partial charge in [-0.05, 0) is 98.2 Å². The lowest BCUT2D eigenvalue weighted by Crippen LogP contribution is -2.58. The summed E-state index contributed by atoms with van der Waals surface area (Å²) in [5.41, 5.74) is 2.48. The first-order valence-electron chi connectivity index (χ1n) is 14.9. The molecule has 5 rings (SSSR count). The second kappa shape index (κ2) is 13.5. The number of aromatic nitrogens is 4. The molecule has 0 radical (unpaired) electrons. The first-order valence-corrected chi connectivity index (χ1v) is 16.4. The lowest BCUT2D eigenvalue weighted by atomic mass is 9.88. The lowest BCUT2D eigenvalue weighted by Gasteiger charge is -2.42. The molecule has 2 amide bonds. The van der Waals surface area contributed by atoms with Gasteiger partial charge in [-0.15, -0.1) is 5.10 Å². The van der Waals surface area contributed by atoms with Crippen LogP contribution in [0.25, 0.3) is 11.4 Å². The highest BCUT2D eigenvalue weighted by molar-refractivity contribution is 7.89. The molecule has 2 aromatic carbocycles. The maximum absolute atomic E-state index is 13.4. The molecular weight excluding hydrogens is 571 g/mol. The number of benzene rings is 2. The Hall–Kier alpha value is -3.42. The number of likely N-dealkylation sites (tertiary alicyclic amines) is 1. The van der Waals surface area contributed by atoms with E-state index in [2.05, 4.69) is 31.1 Å². The number of carbonyl (C=O) groups excluding carboxylic acids is 1. The molecule has 2 N–H and O–H groups in total. The molecule has 3 aromatic rings. The number of piperidine rings is 2. The van der Waals surface area contributed by atoms with Crippen molar-refractivity contribution in [2.45, 2.75) is 50.8 Å². The first kappa shape index (κ1) is 31.0. The number of aryl methyl sites for hydroxylation is 1. The van der Waals surface area contributed by atoms with Crippen molar-refractivity contribution in [1.29, 1.82) is 0 Å². The van der Waals surface area contributed by atoms with Gasteiger partial charge in [0.25, 0.3) is 0 Å². The predicted molar refractivity (Wildman–Crippen MR) is 163 cm³/mol. The Balaban J connectivity index is 1.26. The number of anilines is 1. The van der Waals surface area contributed by atoms with Crippen LogP contribution in [0, 0.1) is 17.7 Å². The fourth-order valence-electron chi connectivity index (χ4n) is 6.20. The van der Waals surface area contributed by atoms with Gasteiger partial charge in [0.1, 0.15) is 5.82 Å². The average Bonchev–Trinajstić information content (AvgIpc) is 3.41. The van der Waals surface area contributed by atoms with Crippen LogP contribution < -0.4 is 10.6 Å². The molecule has 3 heterocycles. The van der Waals surface area contributed by atoms with E-state index >= 15 is 0 Å². The monoisotopic (exact) mass is 612 g/mol. The summed E-state index contributed by atoms with van der Waals surface area (Å²) in [6, 6.07) is 13.3. The van der Waals surface area contributed by atoms with Crippen molar-refractivity contribution < 1.29 is 17.6 Å². The van der Waals surface area contributed by atoms with Gasteiger partial charge < -0.3 is 15.5 Å². The summed E-state index contributed by atoms with van der Waals surface area (Å²) >= 11 is 0. The smallest absolute Gasteiger partial charge is 0.319 e. The topological polar surface area (TPSA) is 125 Å². The molecule has 2 saturated heterocycles. The summed E-state index contributed by atoms with van der Waals surface area (Å²) in [7, 11) is -1.72. The molecule has 3 atom stereocenters. The Bertz CT molecular complexity index is 1500. The minimum atomic E-state index is -3.47. The van der Waals surface area contributed by atoms with Crippen molar-refractivity contribution in [2.75, 3.05) is 38.0 Å². The molecule has 0 saturated carbocycles. The standard InChI is InChI=1S/C30H41FN8O3S/c1-21(2)43(41,42)39-15-13-25(19-38-14-5-6-23(18-38)16-22-9-11-26(31)12-10-22)28(20-39)33-30(40)32-27-8-4-7-24(17-27)29-34-35-36-37(29)3/h4,7-12,17,21,23,25,28H,5-6,13-16,18-20H2,1-3H3,(H2,32,33,40)/t23-,25-,28-/m0/s1. The molecule has 2 aliphatic rings. The number of nitrogens with one attached hydrogen (secondary N) is 2. The number of halogens is 1. The molecule has 232 valence electrons. The highest BCUT2D eigenvalue weighted by Crippen LogP contribution is 2.27. The molecule has 2 fully saturated rings. The van der Waals surface area contributed by atoms with Crippen molar-refractivity contribution in [2.24, 2.45) is 18.9 Å². The van der Waals surface area contributed by atoms with Gasteiger partial charge in [0.05, 0.1) is 5.25 Å². The van der Waals surface area contributed by atoms with Gasteiger partial charge in [0.15, 0.2) is 5.82 Å². The zero-order valence-electron chi connectivity index (χ0n) is 25.0. The van der Waals surface area contributed by atoms with E-state index in [-0.39, 0.29) is 30.4 Å². The summed E-state index contributed by atoms with van der Waals surface area (Å²) in [5, 5.41) is 17.1. The molecule has 1 aromatic heterocycles. The number of rotatable bonds is 9. The van der Waals surface area contributed by atoms with Crippen LogP contribution in [0.2, 0.25) is 0 Å². The first-order chi connectivity index (χ1) is 20.6. The normalized spacial score (nSPS) is 22.0. The van der Waals surface area contributed by atoms with Crippen LogP contribution in [0.15, 0.2) is 48.5 Å². The van der Waals surface area contributed by atoms with Gasteiger partial charge in [-0.3, -0.25) is 0 Å². The van der Waals surface area contributed by atoms with Crippen LogP contribution in [0.1, 0.15) is 38.7 Å². The number of hydrogen-bond acceptors (Lipinski definition) is 7. The van der Waals surface area contributed by atoms with Crippen molar-refractivity contribution in [3.63, 3.8) is 0 Å². The number of tetrazole rings is 1. The largest absolute Gasteiger partial charge is 0.333 e. The van der Waals surface area contributed by atoms with Crippen LogP contribution in [-0.2, 0) is 23.5 Å². The van der Waals surface area contributed by atoms with E-state index < -0.39 is 15.3 Å². The average molecular weight is 613 g/mol. The molecule has 0 spiro atoms. The van der Waals surface area contributed by atoms with Gasteiger partial charge in [-0.1, -0.05) is 24.3 Å². The summed E-state index contributed by atoms with van der Waals surface area (Å²) in [6.45, 7) is 6.70. The van der Waals surface area contributed by atoms with Gasteiger partial charge in [-0.2, -0.15) is 4.31 Å². The Morgan fingerprint density at radius 2 is 1.88 bits per heavy atom. The van der Waals surface area contributed by atoms with Crippen LogP contribution in [-0.4, -0.2) is 87.9 Å². The number of hydrogen-bond donors (Lipinski definition) is 2. The number of amides is 2. The third-order valence-corrected chi connectivity index (χ3v) is 10.8. The molecule has 43 heavy (non-hydrogen) atoms. The van der Waals surface area contributed by atoms with Crippen molar-refractivity contribution >= 4 is 21.7 Å². The Morgan fingerprint density at radius 3 is 2.60 bits per heavy atom. The highest BCUT2D eigenvalue weighted by atomic mass is 32.2. The van der Waals surface area contributed by atoms with E-state index in [1.807, 2.05) is 24.3 Å². The van der Waals surface area contributed by atoms with Crippen LogP contribution in [0.3, 0.4) is 0 Å². The van der Waals surface area contributed by atoms with Crippen molar-refractivity contribution in [3.05, 3.63) is 59.9 Å². The molecule has 0 unspecified atom stereocenters. The van der Waals surface area contributed by atoms with Crippen LogP contribution in [0.4, 0.5) is 14.9 Å². The Morgan fingerprint density at radius 1 is 1.09 bits per heavy atom. The third kappa shape index (κ3) is 7.76. The molecule has 11 nitrogen and oxygen atoms in total. The quantitative estimate of drug-likeness (QED) is 0.379. The molecular formula is C30H41FN8O3S. The van der Waals surface area contributed by atoms with Gasteiger partial charge in [0, 0.05) is 50.5 Å². The maximum Gasteiger partial charge on any atom is 0.319 e. The fourth-order valence-corrected chi connectivity index (χ4v) is 7.52. The zero-order chi connectivity index (χ0) is 30.6. The van der Waals surface area contributed by atoms with Crippen LogP contribution >= 0.6 is 0 Å². The fraction of sp³-hybridized carbons (Fsp3) is 0.533. The van der Waals surface area contributed by atoms with Gasteiger partial charge in [-0.25, -0.2) is 22.3 Å². The van der Waals surface area contributed by atoms with E-state index in [0.717, 1.165) is 50.0 Å². The van der Waals surface area contributed by atoms with Crippen molar-refractivity contribution in [3.8, 4) is 11.4 Å². The van der Waals surface area contributed by atoms with E-state index in [9.17, 15) is 17.6 Å². The molecule has 0 aliphatic carbocycles. The van der Waals surface area contributed by atoms with E-state index in [4.69, 9.17) is 0 Å². The molecule has 0 bridgehead atoms. The maximum atomic E-state index is 13.4. The van der Waals surface area contributed by atoms with E-state index in [1.54, 1.807) is 37.7 Å². The van der Waals surface area contributed by atoms with Crippen molar-refractivity contribution in [1.82, 2.24) is 34.7 Å². The minimum Gasteiger partial charge on any atom is -0.333 e. The summed E-state index contributed by atoms with van der Waals surface area (Å²) in [6.07, 6.45) is 3.75. The Kier molecular flexibility index (Phi) is 9.72. The predicted octanol–water partition coefficient (Wildman–Crippen LogP) is 3.52. The second-order valence-corrected chi connectivity index (χ2v) is 14.5. The Labute approximate surface area is 252 Å². The third-order valence-electron chi connectivity index (χ3n) is 8.52. The number of carbonyl (C=O) groups is 1. The lowest BCUT2D eigenvalue weighted by molar-refractivity contribution is 0.112. The number of sulfonamides is 1. The summed E-state index contributed by atoms with van der Waals surface area (Å²) < 4.78 is 42.6. The molecule has 2 aliphatic heterocycles. The SMILES string of the molecule is CC(C)S(=O)(=O)N1CC[C@@H](CN2CCC[C@@H](Cc3ccc(F)cc3)C2)[C@@H](NC(=O)Nc2cccc(-c3nnnn3C)c2)C1. The number of urea groups is 1. The summed E-state index contributed by atoms with van der Waals surface area (Å²) in [4.78, 5) is 15.7. The van der Waals surface area contributed by atoms with Gasteiger partial charge >= 0.3 is 6.03 Å². The minimum absolute atomic E-state index is 0.0879. The zero-order valence-corrected chi connectivity index (χ0v) is 25.8. The number of nitrogens with zero attached hydrogens (tertiary/aromatic N) is 6.